The van der Waals surface area contributed by atoms with E-state index in [1.54, 1.807) is 6.20 Å². The van der Waals surface area contributed by atoms with Crippen LogP contribution < -0.4 is 10.2 Å². The second-order valence-electron chi connectivity index (χ2n) is 10.9. The van der Waals surface area contributed by atoms with E-state index >= 15 is 0 Å². The predicted molar refractivity (Wildman–Crippen MR) is 165 cm³/mol. The lowest BCUT2D eigenvalue weighted by Gasteiger charge is -2.23. The van der Waals surface area contributed by atoms with Gasteiger partial charge in [0.05, 0.1) is 39.5 Å². The molecule has 230 valence electrons. The van der Waals surface area contributed by atoms with Crippen molar-refractivity contribution < 1.29 is 23.7 Å². The van der Waals surface area contributed by atoms with E-state index in [-0.39, 0.29) is 12.4 Å². The topological polar surface area (TPSA) is 108 Å². The Morgan fingerprint density at radius 3 is 2.28 bits per heavy atom. The number of hydrogen-bond acceptors (Lipinski definition) is 10. The van der Waals surface area contributed by atoms with Gasteiger partial charge in [0, 0.05) is 44.9 Å². The first-order valence-electron chi connectivity index (χ1n) is 15.5. The average Bonchev–Trinajstić information content (AvgIpc) is 3.83. The molecule has 1 aromatic carbocycles. The van der Waals surface area contributed by atoms with Crippen molar-refractivity contribution in [2.24, 2.45) is 0 Å². The number of fused-ring (bicyclic) bond motifs is 1. The van der Waals surface area contributed by atoms with Crippen molar-refractivity contribution in [3.8, 4) is 11.5 Å². The van der Waals surface area contributed by atoms with Crippen molar-refractivity contribution in [1.82, 2.24) is 15.0 Å². The molecular weight excluding hydrogens is 546 g/mol. The number of ether oxygens (including phenoxy) is 4. The molecule has 0 atom stereocenters. The second-order valence-corrected chi connectivity index (χ2v) is 10.9. The molecule has 1 saturated carbocycles. The van der Waals surface area contributed by atoms with Crippen LogP contribution in [0.5, 0.6) is 0 Å². The van der Waals surface area contributed by atoms with E-state index in [0.717, 1.165) is 56.1 Å². The van der Waals surface area contributed by atoms with Gasteiger partial charge in [-0.25, -0.2) is 9.97 Å². The molecule has 1 N–H and O–H groups in total. The Morgan fingerprint density at radius 1 is 0.907 bits per heavy atom. The molecule has 1 aliphatic heterocycles. The summed E-state index contributed by atoms with van der Waals surface area (Å²) in [6.07, 6.45) is 6.40. The molecule has 10 nitrogen and oxygen atoms in total. The van der Waals surface area contributed by atoms with Crippen molar-refractivity contribution in [3.63, 3.8) is 0 Å². The Hall–Kier alpha value is -3.60. The molecule has 1 aliphatic carbocycles. The normalized spacial score (nSPS) is 15.4. The fraction of sp³-hybridized carbons (Fsp3) is 0.515. The third-order valence-electron chi connectivity index (χ3n) is 7.77. The Bertz CT molecular complexity index is 1280. The fourth-order valence-electron chi connectivity index (χ4n) is 5.19. The first-order chi connectivity index (χ1) is 21.1. The lowest BCUT2D eigenvalue weighted by Crippen LogP contribution is -2.27. The van der Waals surface area contributed by atoms with E-state index in [9.17, 15) is 4.79 Å². The Kier molecular flexibility index (Phi) is 11.3. The zero-order valence-electron chi connectivity index (χ0n) is 25.1. The van der Waals surface area contributed by atoms with Gasteiger partial charge in [-0.3, -0.25) is 9.78 Å². The molecule has 43 heavy (non-hydrogen) atoms. The van der Waals surface area contributed by atoms with Crippen LogP contribution in [0.2, 0.25) is 0 Å². The van der Waals surface area contributed by atoms with Crippen LogP contribution in [0, 0.1) is 0 Å². The van der Waals surface area contributed by atoms with Crippen LogP contribution in [0.3, 0.4) is 0 Å². The largest absolute Gasteiger partial charge is 0.459 e. The maximum Gasteiger partial charge on any atom is 0.308 e. The standard InChI is InChI=1S/C33H43N5O5/c1-2-40-21-22-42-24-23-41-20-12-31(39)43-33(13-14-33)15-17-35-29-25-30(37-32(36-29)28-9-5-6-16-34-28)38-18-10-26-7-3-4-8-27(26)11-19-38/h3-9,16,25H,2,10-15,17-24H2,1H3,(H,35,36,37). The van der Waals surface area contributed by atoms with Gasteiger partial charge in [-0.2, -0.15) is 0 Å². The van der Waals surface area contributed by atoms with Gasteiger partial charge < -0.3 is 29.2 Å². The van der Waals surface area contributed by atoms with Crippen LogP contribution in [0.15, 0.2) is 54.7 Å². The summed E-state index contributed by atoms with van der Waals surface area (Å²) in [5.41, 5.74) is 3.14. The van der Waals surface area contributed by atoms with E-state index in [0.29, 0.717) is 58.4 Å². The van der Waals surface area contributed by atoms with Crippen molar-refractivity contribution in [3.05, 3.63) is 65.9 Å². The third kappa shape index (κ3) is 9.44. The van der Waals surface area contributed by atoms with Gasteiger partial charge in [-0.15, -0.1) is 0 Å². The Labute approximate surface area is 254 Å². The summed E-state index contributed by atoms with van der Waals surface area (Å²) >= 11 is 0. The van der Waals surface area contributed by atoms with E-state index in [2.05, 4.69) is 39.5 Å². The minimum atomic E-state index is -0.400. The predicted octanol–water partition coefficient (Wildman–Crippen LogP) is 4.48. The minimum absolute atomic E-state index is 0.223. The highest BCUT2D eigenvalue weighted by molar-refractivity contribution is 5.70. The van der Waals surface area contributed by atoms with Crippen LogP contribution in [0.1, 0.15) is 43.7 Å². The molecular formula is C33H43N5O5. The number of pyridine rings is 1. The summed E-state index contributed by atoms with van der Waals surface area (Å²) in [6.45, 7) is 7.42. The number of nitrogens with zero attached hydrogens (tertiary/aromatic N) is 4. The lowest BCUT2D eigenvalue weighted by atomic mass is 10.0. The van der Waals surface area contributed by atoms with E-state index in [4.69, 9.17) is 28.9 Å². The van der Waals surface area contributed by atoms with Gasteiger partial charge in [-0.05, 0) is 55.9 Å². The number of carbonyl (C=O) groups excluding carboxylic acids is 1. The van der Waals surface area contributed by atoms with Gasteiger partial charge in [-0.1, -0.05) is 30.3 Å². The summed E-state index contributed by atoms with van der Waals surface area (Å²) in [7, 11) is 0. The van der Waals surface area contributed by atoms with Crippen molar-refractivity contribution in [1.29, 1.82) is 0 Å². The van der Waals surface area contributed by atoms with Gasteiger partial charge >= 0.3 is 5.97 Å². The number of nitrogens with one attached hydrogen (secondary N) is 1. The summed E-state index contributed by atoms with van der Waals surface area (Å²) in [5, 5.41) is 3.48. The number of rotatable bonds is 17. The molecule has 5 rings (SSSR count). The molecule has 0 spiro atoms. The number of benzene rings is 1. The first kappa shape index (κ1) is 30.8. The van der Waals surface area contributed by atoms with Crippen molar-refractivity contribution in [2.75, 3.05) is 69.5 Å². The summed E-state index contributed by atoms with van der Waals surface area (Å²) in [4.78, 5) is 29.0. The molecule has 0 unspecified atom stereocenters. The maximum atomic E-state index is 12.5. The third-order valence-corrected chi connectivity index (χ3v) is 7.77. The molecule has 0 bridgehead atoms. The summed E-state index contributed by atoms with van der Waals surface area (Å²) in [6, 6.07) is 16.5. The van der Waals surface area contributed by atoms with E-state index in [1.165, 1.54) is 11.1 Å². The summed E-state index contributed by atoms with van der Waals surface area (Å²) < 4.78 is 22.0. The number of carbonyl (C=O) groups is 1. The van der Waals surface area contributed by atoms with Gasteiger partial charge in [0.25, 0.3) is 0 Å². The molecule has 1 fully saturated rings. The number of anilines is 2. The molecule has 10 heteroatoms. The Morgan fingerprint density at radius 2 is 1.60 bits per heavy atom. The quantitative estimate of drug-likeness (QED) is 0.179. The van der Waals surface area contributed by atoms with Crippen LogP contribution in [-0.4, -0.2) is 85.8 Å². The lowest BCUT2D eigenvalue weighted by molar-refractivity contribution is -0.152. The monoisotopic (exact) mass is 589 g/mol. The molecule has 0 amide bonds. The van der Waals surface area contributed by atoms with E-state index in [1.807, 2.05) is 31.2 Å². The SMILES string of the molecule is CCOCCOCCOCCC(=O)OC1(CCNc2cc(N3CCc4ccccc4CC3)nc(-c3ccccn3)n2)CC1. The van der Waals surface area contributed by atoms with Crippen molar-refractivity contribution in [2.45, 2.75) is 51.0 Å². The highest BCUT2D eigenvalue weighted by Crippen LogP contribution is 2.43. The summed E-state index contributed by atoms with van der Waals surface area (Å²) in [5.74, 6) is 2.00. The van der Waals surface area contributed by atoms with Crippen LogP contribution in [0.4, 0.5) is 11.6 Å². The van der Waals surface area contributed by atoms with Crippen LogP contribution >= 0.6 is 0 Å². The Balaban J connectivity index is 1.12. The zero-order chi connectivity index (χ0) is 29.7. The minimum Gasteiger partial charge on any atom is -0.459 e. The molecule has 3 heterocycles. The zero-order valence-corrected chi connectivity index (χ0v) is 25.1. The highest BCUT2D eigenvalue weighted by atomic mass is 16.6. The molecule has 2 aliphatic rings. The van der Waals surface area contributed by atoms with Crippen LogP contribution in [-0.2, 0) is 36.6 Å². The fourth-order valence-corrected chi connectivity index (χ4v) is 5.19. The van der Waals surface area contributed by atoms with Crippen molar-refractivity contribution >= 4 is 17.6 Å². The molecule has 0 saturated heterocycles. The van der Waals surface area contributed by atoms with Gasteiger partial charge in [0.2, 0.25) is 0 Å². The number of esters is 1. The number of aromatic nitrogens is 3. The first-order valence-corrected chi connectivity index (χ1v) is 15.5. The highest BCUT2D eigenvalue weighted by Gasteiger charge is 2.46. The molecule has 0 radical (unpaired) electrons. The van der Waals surface area contributed by atoms with Gasteiger partial charge in [0.15, 0.2) is 5.82 Å². The maximum absolute atomic E-state index is 12.5. The number of hydrogen-bond donors (Lipinski definition) is 1. The van der Waals surface area contributed by atoms with E-state index < -0.39 is 5.60 Å². The second kappa shape index (κ2) is 15.7. The molecule has 2 aromatic heterocycles. The van der Waals surface area contributed by atoms with Crippen LogP contribution in [0.25, 0.3) is 11.5 Å². The average molecular weight is 590 g/mol. The van der Waals surface area contributed by atoms with Gasteiger partial charge in [0.1, 0.15) is 22.9 Å². The smallest absolute Gasteiger partial charge is 0.308 e. The molecule has 3 aromatic rings.